The molecule has 1 atom stereocenters. The Hall–Kier alpha value is -2.93. The number of carbonyl (C=O) groups is 3. The molecule has 0 unspecified atom stereocenters. The number of methoxy groups -OCH3 is 1. The van der Waals surface area contributed by atoms with Crippen LogP contribution in [0.2, 0.25) is 0 Å². The number of nitrogens with one attached hydrogen (secondary N) is 1. The smallest absolute Gasteiger partial charge is 0.348 e. The van der Waals surface area contributed by atoms with Crippen LogP contribution in [0.25, 0.3) is 6.08 Å². The highest BCUT2D eigenvalue weighted by molar-refractivity contribution is 7.18. The van der Waals surface area contributed by atoms with E-state index in [1.54, 1.807) is 23.2 Å². The van der Waals surface area contributed by atoms with Gasteiger partial charge in [-0.05, 0) is 29.3 Å². The zero-order valence-electron chi connectivity index (χ0n) is 14.4. The normalized spacial score (nSPS) is 15.3. The number of amides is 2. The minimum absolute atomic E-state index is 0.117. The number of benzene rings is 1. The molecule has 1 aromatic heterocycles. The topological polar surface area (TPSA) is 75.7 Å². The van der Waals surface area contributed by atoms with Crippen LogP contribution < -0.4 is 5.32 Å². The Kier molecular flexibility index (Phi) is 5.18. The molecule has 1 aliphatic heterocycles. The molecule has 2 aromatic rings. The second kappa shape index (κ2) is 7.53. The van der Waals surface area contributed by atoms with E-state index in [2.05, 4.69) is 10.1 Å². The second-order valence-corrected chi connectivity index (χ2v) is 6.88. The third kappa shape index (κ3) is 3.67. The molecule has 2 amide bonds. The Labute approximate surface area is 155 Å². The van der Waals surface area contributed by atoms with Crippen LogP contribution in [0.3, 0.4) is 0 Å². The summed E-state index contributed by atoms with van der Waals surface area (Å²) >= 11 is 1.15. The first-order valence-corrected chi connectivity index (χ1v) is 8.85. The van der Waals surface area contributed by atoms with E-state index in [1.165, 1.54) is 14.0 Å². The molecule has 134 valence electrons. The van der Waals surface area contributed by atoms with E-state index in [9.17, 15) is 14.4 Å². The summed E-state index contributed by atoms with van der Waals surface area (Å²) in [6.45, 7) is 1.48. The molecule has 6 nitrogen and oxygen atoms in total. The molecule has 1 aliphatic rings. The highest BCUT2D eigenvalue weighted by atomic mass is 32.1. The van der Waals surface area contributed by atoms with Crippen molar-refractivity contribution >= 4 is 40.2 Å². The fourth-order valence-corrected chi connectivity index (χ4v) is 3.73. The summed E-state index contributed by atoms with van der Waals surface area (Å²) in [5, 5.41) is 3.35. The summed E-state index contributed by atoms with van der Waals surface area (Å²) in [6.07, 6.45) is 3.70. The van der Waals surface area contributed by atoms with Gasteiger partial charge in [-0.2, -0.15) is 0 Å². The lowest BCUT2D eigenvalue weighted by atomic mass is 9.93. The lowest BCUT2D eigenvalue weighted by Crippen LogP contribution is -2.33. The first-order valence-electron chi connectivity index (χ1n) is 8.03. The maximum absolute atomic E-state index is 12.5. The number of esters is 1. The number of fused-ring (bicyclic) bond motifs is 1. The minimum Gasteiger partial charge on any atom is -0.465 e. The third-order valence-electron chi connectivity index (χ3n) is 4.10. The van der Waals surface area contributed by atoms with Crippen LogP contribution in [0, 0.1) is 0 Å². The van der Waals surface area contributed by atoms with Crippen LogP contribution in [-0.2, 0) is 14.3 Å². The van der Waals surface area contributed by atoms with Gasteiger partial charge >= 0.3 is 5.97 Å². The van der Waals surface area contributed by atoms with Gasteiger partial charge in [0.25, 0.3) is 0 Å². The molecule has 1 N–H and O–H groups in total. The first kappa shape index (κ1) is 17.9. The fraction of sp³-hybridized carbons (Fsp3) is 0.211. The Balaban J connectivity index is 1.76. The van der Waals surface area contributed by atoms with E-state index in [4.69, 9.17) is 0 Å². The maximum atomic E-state index is 12.5. The SMILES string of the molecule is COC(=O)c1ccc(NC(=O)C[C@H]2c3ccccc3C=CN2C(C)=O)s1. The van der Waals surface area contributed by atoms with Crippen molar-refractivity contribution in [2.24, 2.45) is 0 Å². The molecule has 0 aliphatic carbocycles. The van der Waals surface area contributed by atoms with Gasteiger partial charge in [0, 0.05) is 13.1 Å². The minimum atomic E-state index is -0.440. The van der Waals surface area contributed by atoms with Crippen molar-refractivity contribution in [2.45, 2.75) is 19.4 Å². The van der Waals surface area contributed by atoms with Crippen molar-refractivity contribution < 1.29 is 19.1 Å². The first-order chi connectivity index (χ1) is 12.5. The molecule has 0 saturated heterocycles. The summed E-state index contributed by atoms with van der Waals surface area (Å²) in [7, 11) is 1.31. The van der Waals surface area contributed by atoms with E-state index in [1.807, 2.05) is 30.3 Å². The standard InChI is InChI=1S/C19H18N2O4S/c1-12(22)21-10-9-13-5-3-4-6-14(13)15(21)11-17(23)20-18-8-7-16(26-18)19(24)25-2/h3-10,15H,11H2,1-2H3,(H,20,23)/t15-/m0/s1. The van der Waals surface area contributed by atoms with Crippen LogP contribution in [0.4, 0.5) is 5.00 Å². The summed E-state index contributed by atoms with van der Waals surface area (Å²) in [4.78, 5) is 38.0. The number of hydrogen-bond donors (Lipinski definition) is 1. The molecule has 0 saturated carbocycles. The van der Waals surface area contributed by atoms with Crippen LogP contribution in [0.15, 0.2) is 42.6 Å². The summed E-state index contributed by atoms with van der Waals surface area (Å²) < 4.78 is 4.66. The zero-order valence-corrected chi connectivity index (χ0v) is 15.2. The highest BCUT2D eigenvalue weighted by Crippen LogP contribution is 2.33. The van der Waals surface area contributed by atoms with Crippen LogP contribution in [0.1, 0.15) is 40.2 Å². The van der Waals surface area contributed by atoms with E-state index in [0.29, 0.717) is 9.88 Å². The van der Waals surface area contributed by atoms with Gasteiger partial charge in [0.2, 0.25) is 11.8 Å². The zero-order chi connectivity index (χ0) is 18.7. The van der Waals surface area contributed by atoms with Crippen LogP contribution >= 0.6 is 11.3 Å². The van der Waals surface area contributed by atoms with Gasteiger partial charge < -0.3 is 15.0 Å². The maximum Gasteiger partial charge on any atom is 0.348 e. The summed E-state index contributed by atoms with van der Waals surface area (Å²) in [5.41, 5.74) is 1.92. The van der Waals surface area contributed by atoms with Gasteiger partial charge in [-0.25, -0.2) is 4.79 Å². The Morgan fingerprint density at radius 2 is 1.96 bits per heavy atom. The number of thiophene rings is 1. The monoisotopic (exact) mass is 370 g/mol. The summed E-state index contributed by atoms with van der Waals surface area (Å²) in [6, 6.07) is 10.6. The number of anilines is 1. The number of rotatable bonds is 4. The molecule has 1 aromatic carbocycles. The lowest BCUT2D eigenvalue weighted by molar-refractivity contribution is -0.129. The van der Waals surface area contributed by atoms with Crippen molar-refractivity contribution in [1.29, 1.82) is 0 Å². The van der Waals surface area contributed by atoms with Crippen molar-refractivity contribution in [3.05, 3.63) is 58.6 Å². The van der Waals surface area contributed by atoms with Gasteiger partial charge in [0.05, 0.1) is 24.6 Å². The number of ether oxygens (including phenoxy) is 1. The molecule has 0 radical (unpaired) electrons. The summed E-state index contributed by atoms with van der Waals surface area (Å²) in [5.74, 6) is -0.799. The predicted molar refractivity (Wildman–Crippen MR) is 99.6 cm³/mol. The molecule has 26 heavy (non-hydrogen) atoms. The van der Waals surface area contributed by atoms with Gasteiger partial charge in [-0.1, -0.05) is 24.3 Å². The molecule has 3 rings (SSSR count). The van der Waals surface area contributed by atoms with Gasteiger partial charge in [0.1, 0.15) is 4.88 Å². The lowest BCUT2D eigenvalue weighted by Gasteiger charge is -2.32. The third-order valence-corrected chi connectivity index (χ3v) is 5.08. The highest BCUT2D eigenvalue weighted by Gasteiger charge is 2.28. The average molecular weight is 370 g/mol. The molecule has 7 heteroatoms. The average Bonchev–Trinajstić information content (AvgIpc) is 3.09. The molecule has 0 bridgehead atoms. The van der Waals surface area contributed by atoms with Crippen molar-refractivity contribution in [3.63, 3.8) is 0 Å². The number of nitrogens with zero attached hydrogens (tertiary/aromatic N) is 1. The van der Waals surface area contributed by atoms with Crippen molar-refractivity contribution in [3.8, 4) is 0 Å². The number of hydrogen-bond acceptors (Lipinski definition) is 5. The van der Waals surface area contributed by atoms with Crippen molar-refractivity contribution in [2.75, 3.05) is 12.4 Å². The number of carbonyl (C=O) groups excluding carboxylic acids is 3. The van der Waals surface area contributed by atoms with E-state index >= 15 is 0 Å². The largest absolute Gasteiger partial charge is 0.465 e. The Morgan fingerprint density at radius 1 is 1.19 bits per heavy atom. The molecule has 0 spiro atoms. The molecular weight excluding hydrogens is 352 g/mol. The molecular formula is C19H18N2O4S. The van der Waals surface area contributed by atoms with Gasteiger partial charge in [0.15, 0.2) is 0 Å². The molecule has 0 fully saturated rings. The Bertz CT molecular complexity index is 887. The van der Waals surface area contributed by atoms with Crippen LogP contribution in [-0.4, -0.2) is 29.8 Å². The van der Waals surface area contributed by atoms with Crippen molar-refractivity contribution in [1.82, 2.24) is 4.90 Å². The molecule has 2 heterocycles. The fourth-order valence-electron chi connectivity index (χ4n) is 2.89. The van der Waals surface area contributed by atoms with E-state index in [-0.39, 0.29) is 24.3 Å². The Morgan fingerprint density at radius 3 is 2.69 bits per heavy atom. The predicted octanol–water partition coefficient (Wildman–Crippen LogP) is 3.44. The van der Waals surface area contributed by atoms with E-state index < -0.39 is 5.97 Å². The van der Waals surface area contributed by atoms with E-state index in [0.717, 1.165) is 22.5 Å². The van der Waals surface area contributed by atoms with Gasteiger partial charge in [-0.15, -0.1) is 11.3 Å². The second-order valence-electron chi connectivity index (χ2n) is 5.79. The quantitative estimate of drug-likeness (QED) is 0.837. The van der Waals surface area contributed by atoms with Gasteiger partial charge in [-0.3, -0.25) is 9.59 Å². The van der Waals surface area contributed by atoms with Crippen LogP contribution in [0.5, 0.6) is 0 Å².